The largest absolute Gasteiger partial charge is 0.0690 e. The van der Waals surface area contributed by atoms with E-state index < -0.39 is 0 Å². The van der Waals surface area contributed by atoms with Crippen LogP contribution in [-0.4, -0.2) is 0 Å². The smallest absolute Gasteiger partial charge is 0.0396 e. The van der Waals surface area contributed by atoms with Crippen molar-refractivity contribution in [1.82, 2.24) is 0 Å². The molecule has 0 aromatic heterocycles. The van der Waals surface area contributed by atoms with E-state index in [0.29, 0.717) is 0 Å². The fourth-order valence-corrected chi connectivity index (χ4v) is 3.46. The summed E-state index contributed by atoms with van der Waals surface area (Å²) in [7, 11) is 0. The summed E-state index contributed by atoms with van der Waals surface area (Å²) in [5, 5.41) is 0. The van der Waals surface area contributed by atoms with Gasteiger partial charge in [0.1, 0.15) is 0 Å². The minimum Gasteiger partial charge on any atom is -0.0690 e. The normalized spacial score (nSPS) is 24.0. The van der Waals surface area contributed by atoms with E-state index in [1.165, 1.54) is 35.1 Å². The molecule has 0 amide bonds. The molecule has 1 atom stereocenters. The number of fused-ring (bicyclic) bond motifs is 4. The maximum Gasteiger partial charge on any atom is 0.0396 e. The molecule has 1 spiro atoms. The van der Waals surface area contributed by atoms with E-state index >= 15 is 0 Å². The van der Waals surface area contributed by atoms with Crippen molar-refractivity contribution in [3.8, 4) is 0 Å². The van der Waals surface area contributed by atoms with Gasteiger partial charge in [-0.1, -0.05) is 60.7 Å². The second-order valence-electron chi connectivity index (χ2n) is 5.05. The molecule has 2 aliphatic carbocycles. The second-order valence-corrected chi connectivity index (χ2v) is 5.05. The van der Waals surface area contributed by atoms with Crippen LogP contribution in [0.2, 0.25) is 0 Å². The van der Waals surface area contributed by atoms with Gasteiger partial charge < -0.3 is 0 Å². The van der Waals surface area contributed by atoms with Gasteiger partial charge in [0, 0.05) is 5.41 Å². The Balaban J connectivity index is 2.01. The van der Waals surface area contributed by atoms with Crippen molar-refractivity contribution in [2.45, 2.75) is 18.3 Å². The summed E-state index contributed by atoms with van der Waals surface area (Å²) in [5.74, 6) is 0. The molecule has 0 saturated heterocycles. The lowest BCUT2D eigenvalue weighted by atomic mass is 9.77. The SMILES string of the molecule is C1=CC2(CCc3ccccc32)c2ccccc21. The third kappa shape index (κ3) is 1.08. The van der Waals surface area contributed by atoms with Crippen LogP contribution in [0.15, 0.2) is 54.6 Å². The molecule has 0 aliphatic heterocycles. The lowest BCUT2D eigenvalue weighted by molar-refractivity contribution is 0.645. The van der Waals surface area contributed by atoms with Crippen molar-refractivity contribution >= 4 is 6.08 Å². The third-order valence-electron chi connectivity index (χ3n) is 4.28. The lowest BCUT2D eigenvalue weighted by Gasteiger charge is -2.25. The molecule has 2 aliphatic rings. The van der Waals surface area contributed by atoms with E-state index in [2.05, 4.69) is 60.7 Å². The van der Waals surface area contributed by atoms with Crippen LogP contribution < -0.4 is 0 Å². The first-order valence-electron chi connectivity index (χ1n) is 6.27. The molecule has 0 bridgehead atoms. The van der Waals surface area contributed by atoms with Gasteiger partial charge in [-0.2, -0.15) is 0 Å². The highest BCUT2D eigenvalue weighted by molar-refractivity contribution is 5.70. The Kier molecular flexibility index (Phi) is 1.69. The Labute approximate surface area is 102 Å². The number of hydrogen-bond acceptors (Lipinski definition) is 0. The van der Waals surface area contributed by atoms with Crippen molar-refractivity contribution in [2.75, 3.05) is 0 Å². The van der Waals surface area contributed by atoms with E-state index in [1.54, 1.807) is 0 Å². The lowest BCUT2D eigenvalue weighted by Crippen LogP contribution is -2.19. The Morgan fingerprint density at radius 1 is 0.824 bits per heavy atom. The van der Waals surface area contributed by atoms with Crippen molar-refractivity contribution in [2.24, 2.45) is 0 Å². The van der Waals surface area contributed by atoms with Crippen LogP contribution in [0.5, 0.6) is 0 Å². The molecule has 82 valence electrons. The molecule has 0 heterocycles. The molecule has 2 aromatic rings. The fourth-order valence-electron chi connectivity index (χ4n) is 3.46. The molecular formula is C17H14. The summed E-state index contributed by atoms with van der Waals surface area (Å²) >= 11 is 0. The molecular weight excluding hydrogens is 204 g/mol. The van der Waals surface area contributed by atoms with E-state index in [1.807, 2.05) is 0 Å². The standard InChI is InChI=1S/C17H14/c1-3-7-15-13(5-1)9-11-17(15)12-10-14-6-2-4-8-16(14)17/h1-9,11H,10,12H2. The second kappa shape index (κ2) is 3.10. The Hall–Kier alpha value is -1.82. The fraction of sp³-hybridized carbons (Fsp3) is 0.176. The summed E-state index contributed by atoms with van der Waals surface area (Å²) in [4.78, 5) is 0. The summed E-state index contributed by atoms with van der Waals surface area (Å²) < 4.78 is 0. The zero-order chi connectivity index (χ0) is 11.3. The zero-order valence-electron chi connectivity index (χ0n) is 9.69. The van der Waals surface area contributed by atoms with Crippen molar-refractivity contribution in [1.29, 1.82) is 0 Å². The van der Waals surface area contributed by atoms with E-state index in [-0.39, 0.29) is 5.41 Å². The Morgan fingerprint density at radius 2 is 1.59 bits per heavy atom. The first-order valence-corrected chi connectivity index (χ1v) is 6.27. The van der Waals surface area contributed by atoms with Gasteiger partial charge in [0.05, 0.1) is 0 Å². The van der Waals surface area contributed by atoms with Gasteiger partial charge >= 0.3 is 0 Å². The molecule has 0 heteroatoms. The van der Waals surface area contributed by atoms with E-state index in [0.717, 1.165) is 0 Å². The summed E-state index contributed by atoms with van der Waals surface area (Å²) in [6.45, 7) is 0. The molecule has 17 heavy (non-hydrogen) atoms. The van der Waals surface area contributed by atoms with Gasteiger partial charge in [-0.3, -0.25) is 0 Å². The summed E-state index contributed by atoms with van der Waals surface area (Å²) in [6.07, 6.45) is 7.12. The van der Waals surface area contributed by atoms with Gasteiger partial charge in [-0.15, -0.1) is 0 Å². The quantitative estimate of drug-likeness (QED) is 0.628. The first-order chi connectivity index (χ1) is 8.40. The molecule has 0 saturated carbocycles. The first kappa shape index (κ1) is 9.23. The van der Waals surface area contributed by atoms with Crippen LogP contribution in [0.4, 0.5) is 0 Å². The Morgan fingerprint density at radius 3 is 2.53 bits per heavy atom. The highest BCUT2D eigenvalue weighted by atomic mass is 14.4. The number of allylic oxidation sites excluding steroid dienone is 1. The summed E-state index contributed by atoms with van der Waals surface area (Å²) in [6, 6.07) is 17.7. The maximum absolute atomic E-state index is 2.41. The summed E-state index contributed by atoms with van der Waals surface area (Å²) in [5.41, 5.74) is 6.09. The molecule has 2 aromatic carbocycles. The number of rotatable bonds is 0. The van der Waals surface area contributed by atoms with Gasteiger partial charge in [0.2, 0.25) is 0 Å². The van der Waals surface area contributed by atoms with Gasteiger partial charge in [-0.25, -0.2) is 0 Å². The van der Waals surface area contributed by atoms with Crippen LogP contribution in [0.25, 0.3) is 6.08 Å². The number of benzene rings is 2. The van der Waals surface area contributed by atoms with E-state index in [4.69, 9.17) is 0 Å². The Bertz CT molecular complexity index is 621. The highest BCUT2D eigenvalue weighted by Crippen LogP contribution is 2.49. The predicted molar refractivity (Wildman–Crippen MR) is 71.0 cm³/mol. The number of hydrogen-bond donors (Lipinski definition) is 0. The minimum atomic E-state index is 0.174. The average Bonchev–Trinajstić information content (AvgIpc) is 2.95. The van der Waals surface area contributed by atoms with Crippen LogP contribution in [0, 0.1) is 0 Å². The molecule has 0 nitrogen and oxygen atoms in total. The highest BCUT2D eigenvalue weighted by Gasteiger charge is 2.41. The third-order valence-corrected chi connectivity index (χ3v) is 4.28. The van der Waals surface area contributed by atoms with Crippen molar-refractivity contribution in [3.05, 3.63) is 76.9 Å². The van der Waals surface area contributed by atoms with E-state index in [9.17, 15) is 0 Å². The van der Waals surface area contributed by atoms with Gasteiger partial charge in [0.25, 0.3) is 0 Å². The zero-order valence-corrected chi connectivity index (χ0v) is 9.69. The maximum atomic E-state index is 2.41. The van der Waals surface area contributed by atoms with Crippen molar-refractivity contribution in [3.63, 3.8) is 0 Å². The minimum absolute atomic E-state index is 0.174. The molecule has 0 radical (unpaired) electrons. The molecule has 1 unspecified atom stereocenters. The average molecular weight is 218 g/mol. The van der Waals surface area contributed by atoms with Crippen LogP contribution in [0.1, 0.15) is 28.7 Å². The number of aryl methyl sites for hydroxylation is 1. The van der Waals surface area contributed by atoms with Gasteiger partial charge in [-0.05, 0) is 35.1 Å². The van der Waals surface area contributed by atoms with Crippen LogP contribution in [-0.2, 0) is 11.8 Å². The molecule has 4 rings (SSSR count). The van der Waals surface area contributed by atoms with Crippen LogP contribution >= 0.6 is 0 Å². The predicted octanol–water partition coefficient (Wildman–Crippen LogP) is 3.95. The molecule has 0 N–H and O–H groups in total. The molecule has 0 fully saturated rings. The van der Waals surface area contributed by atoms with Crippen molar-refractivity contribution < 1.29 is 0 Å². The monoisotopic (exact) mass is 218 g/mol. The van der Waals surface area contributed by atoms with Gasteiger partial charge in [0.15, 0.2) is 0 Å². The topological polar surface area (TPSA) is 0 Å². The van der Waals surface area contributed by atoms with Crippen LogP contribution in [0.3, 0.4) is 0 Å².